The molecule has 0 aliphatic rings. The van der Waals surface area contributed by atoms with E-state index >= 15 is 0 Å². The predicted molar refractivity (Wildman–Crippen MR) is 46.8 cm³/mol. The summed E-state index contributed by atoms with van der Waals surface area (Å²) in [5.41, 5.74) is 0.292. The first kappa shape index (κ1) is 12.0. The number of benzene rings is 1. The van der Waals surface area contributed by atoms with E-state index in [4.69, 9.17) is 0 Å². The monoisotopic (exact) mass is 222 g/mol. The molecule has 1 rings (SSSR count). The van der Waals surface area contributed by atoms with Crippen LogP contribution in [0.15, 0.2) is 18.2 Å². The van der Waals surface area contributed by atoms with E-state index in [0.29, 0.717) is 5.56 Å². The van der Waals surface area contributed by atoms with Crippen molar-refractivity contribution in [3.8, 4) is 0 Å². The van der Waals surface area contributed by atoms with Crippen LogP contribution < -0.4 is 0 Å². The van der Waals surface area contributed by atoms with Gasteiger partial charge in [-0.25, -0.2) is 4.39 Å². The summed E-state index contributed by atoms with van der Waals surface area (Å²) in [5.74, 6) is -0.822. The standard InChI is InChI=1S/C10H10F4O/c1-6-2-3-8(11)7(4-6)9(15)5-10(12,13)14/h2-4,9,15H,5H2,1H3. The molecule has 1 aromatic rings. The van der Waals surface area contributed by atoms with E-state index in [1.54, 1.807) is 6.92 Å². The van der Waals surface area contributed by atoms with Crippen molar-refractivity contribution in [2.24, 2.45) is 0 Å². The molecule has 1 aromatic carbocycles. The average Bonchev–Trinajstić information content (AvgIpc) is 2.06. The molecule has 0 aliphatic heterocycles. The molecule has 1 atom stereocenters. The van der Waals surface area contributed by atoms with E-state index in [0.717, 1.165) is 6.07 Å². The second-order valence-corrected chi connectivity index (χ2v) is 3.36. The Morgan fingerprint density at radius 3 is 2.47 bits per heavy atom. The van der Waals surface area contributed by atoms with E-state index in [2.05, 4.69) is 0 Å². The van der Waals surface area contributed by atoms with Crippen molar-refractivity contribution in [2.75, 3.05) is 0 Å². The van der Waals surface area contributed by atoms with Gasteiger partial charge in [-0.3, -0.25) is 0 Å². The van der Waals surface area contributed by atoms with Gasteiger partial charge in [0.05, 0.1) is 12.5 Å². The molecule has 5 heteroatoms. The van der Waals surface area contributed by atoms with E-state index in [1.807, 2.05) is 0 Å². The maximum atomic E-state index is 13.1. The van der Waals surface area contributed by atoms with Gasteiger partial charge in [0.25, 0.3) is 0 Å². The van der Waals surface area contributed by atoms with Crippen LogP contribution in [0.3, 0.4) is 0 Å². The number of alkyl halides is 3. The lowest BCUT2D eigenvalue weighted by Gasteiger charge is -2.14. The van der Waals surface area contributed by atoms with Gasteiger partial charge in [-0.15, -0.1) is 0 Å². The summed E-state index contributed by atoms with van der Waals surface area (Å²) < 4.78 is 48.9. The quantitative estimate of drug-likeness (QED) is 0.762. The highest BCUT2D eigenvalue weighted by Gasteiger charge is 2.32. The van der Waals surface area contributed by atoms with E-state index < -0.39 is 24.5 Å². The number of aryl methyl sites for hydroxylation is 1. The summed E-state index contributed by atoms with van der Waals surface area (Å²) in [6.45, 7) is 1.61. The van der Waals surface area contributed by atoms with Crippen LogP contribution in [0.1, 0.15) is 23.7 Å². The van der Waals surface area contributed by atoms with Crippen molar-refractivity contribution < 1.29 is 22.7 Å². The van der Waals surface area contributed by atoms with Crippen molar-refractivity contribution in [3.63, 3.8) is 0 Å². The molecule has 0 saturated carbocycles. The lowest BCUT2D eigenvalue weighted by atomic mass is 10.0. The molecule has 0 aromatic heterocycles. The lowest BCUT2D eigenvalue weighted by Crippen LogP contribution is -2.14. The van der Waals surface area contributed by atoms with Gasteiger partial charge in [0.1, 0.15) is 5.82 Å². The van der Waals surface area contributed by atoms with Gasteiger partial charge in [0, 0.05) is 5.56 Å². The molecule has 0 heterocycles. The van der Waals surface area contributed by atoms with E-state index in [9.17, 15) is 22.7 Å². The van der Waals surface area contributed by atoms with Crippen molar-refractivity contribution >= 4 is 0 Å². The summed E-state index contributed by atoms with van der Waals surface area (Å²) >= 11 is 0. The van der Waals surface area contributed by atoms with Crippen molar-refractivity contribution in [1.29, 1.82) is 0 Å². The lowest BCUT2D eigenvalue weighted by molar-refractivity contribution is -0.154. The zero-order valence-corrected chi connectivity index (χ0v) is 7.98. The smallest absolute Gasteiger partial charge is 0.388 e. The Labute approximate surface area is 84.3 Å². The summed E-state index contributed by atoms with van der Waals surface area (Å²) in [5, 5.41) is 9.20. The van der Waals surface area contributed by atoms with Crippen LogP contribution in [0.25, 0.3) is 0 Å². The summed E-state index contributed by atoms with van der Waals surface area (Å²) in [7, 11) is 0. The number of halogens is 4. The highest BCUT2D eigenvalue weighted by atomic mass is 19.4. The molecule has 0 fully saturated rings. The third-order valence-electron chi connectivity index (χ3n) is 1.94. The number of hydrogen-bond donors (Lipinski definition) is 1. The Balaban J connectivity index is 2.90. The van der Waals surface area contributed by atoms with Crippen LogP contribution in [0.2, 0.25) is 0 Å². The maximum Gasteiger partial charge on any atom is 0.391 e. The van der Waals surface area contributed by atoms with Crippen LogP contribution >= 0.6 is 0 Å². The number of rotatable bonds is 2. The van der Waals surface area contributed by atoms with Crippen molar-refractivity contribution in [1.82, 2.24) is 0 Å². The van der Waals surface area contributed by atoms with Gasteiger partial charge in [-0.1, -0.05) is 17.7 Å². The minimum Gasteiger partial charge on any atom is -0.388 e. The van der Waals surface area contributed by atoms with Crippen molar-refractivity contribution in [2.45, 2.75) is 25.6 Å². The van der Waals surface area contributed by atoms with Gasteiger partial charge in [0.15, 0.2) is 0 Å². The van der Waals surface area contributed by atoms with E-state index in [-0.39, 0.29) is 5.56 Å². The molecule has 0 saturated heterocycles. The fourth-order valence-electron chi connectivity index (χ4n) is 1.25. The van der Waals surface area contributed by atoms with Crippen molar-refractivity contribution in [3.05, 3.63) is 35.1 Å². The maximum absolute atomic E-state index is 13.1. The van der Waals surface area contributed by atoms with Crippen LogP contribution in [0.4, 0.5) is 17.6 Å². The molecule has 0 bridgehead atoms. The molecule has 84 valence electrons. The normalized spacial score (nSPS) is 14.0. The molecular formula is C10H10F4O. The van der Waals surface area contributed by atoms with Crippen LogP contribution in [0.5, 0.6) is 0 Å². The highest BCUT2D eigenvalue weighted by molar-refractivity contribution is 5.25. The van der Waals surface area contributed by atoms with Gasteiger partial charge in [-0.05, 0) is 13.0 Å². The predicted octanol–water partition coefficient (Wildman–Crippen LogP) is 3.12. The van der Waals surface area contributed by atoms with Crippen LogP contribution in [-0.4, -0.2) is 11.3 Å². The van der Waals surface area contributed by atoms with Crippen LogP contribution in [-0.2, 0) is 0 Å². The molecular weight excluding hydrogens is 212 g/mol. The molecule has 0 radical (unpaired) electrons. The minimum atomic E-state index is -4.50. The Morgan fingerprint density at radius 1 is 1.33 bits per heavy atom. The summed E-state index contributed by atoms with van der Waals surface area (Å²) in [4.78, 5) is 0. The Kier molecular flexibility index (Phi) is 3.34. The largest absolute Gasteiger partial charge is 0.391 e. The molecule has 0 aliphatic carbocycles. The average molecular weight is 222 g/mol. The number of aliphatic hydroxyl groups excluding tert-OH is 1. The second-order valence-electron chi connectivity index (χ2n) is 3.36. The number of aliphatic hydroxyl groups is 1. The first-order chi connectivity index (χ1) is 6.79. The molecule has 15 heavy (non-hydrogen) atoms. The van der Waals surface area contributed by atoms with E-state index in [1.165, 1.54) is 12.1 Å². The first-order valence-corrected chi connectivity index (χ1v) is 4.30. The third-order valence-corrected chi connectivity index (χ3v) is 1.94. The highest BCUT2D eigenvalue weighted by Crippen LogP contribution is 2.30. The zero-order chi connectivity index (χ0) is 11.6. The Bertz CT molecular complexity index is 346. The zero-order valence-electron chi connectivity index (χ0n) is 7.98. The van der Waals surface area contributed by atoms with Crippen LogP contribution in [0, 0.1) is 12.7 Å². The topological polar surface area (TPSA) is 20.2 Å². The minimum absolute atomic E-state index is 0.313. The summed E-state index contributed by atoms with van der Waals surface area (Å²) in [6.07, 6.45) is -7.78. The Morgan fingerprint density at radius 2 is 1.93 bits per heavy atom. The molecule has 1 unspecified atom stereocenters. The SMILES string of the molecule is Cc1ccc(F)c(C(O)CC(F)(F)F)c1. The third kappa shape index (κ3) is 3.51. The molecule has 0 amide bonds. The van der Waals surface area contributed by atoms with Gasteiger partial charge >= 0.3 is 6.18 Å². The first-order valence-electron chi connectivity index (χ1n) is 4.30. The van der Waals surface area contributed by atoms with Gasteiger partial charge < -0.3 is 5.11 Å². The fourth-order valence-corrected chi connectivity index (χ4v) is 1.25. The molecule has 1 nitrogen and oxygen atoms in total. The fraction of sp³-hybridized carbons (Fsp3) is 0.400. The molecule has 1 N–H and O–H groups in total. The molecule has 0 spiro atoms. The van der Waals surface area contributed by atoms with Gasteiger partial charge in [0.2, 0.25) is 0 Å². The number of hydrogen-bond acceptors (Lipinski definition) is 1. The van der Waals surface area contributed by atoms with Gasteiger partial charge in [-0.2, -0.15) is 13.2 Å². The second kappa shape index (κ2) is 4.18. The summed E-state index contributed by atoms with van der Waals surface area (Å²) in [6, 6.07) is 3.69. The Hall–Kier alpha value is -1.10.